The number of carboxylic acids is 1. The van der Waals surface area contributed by atoms with Gasteiger partial charge in [0.25, 0.3) is 0 Å². The highest BCUT2D eigenvalue weighted by Gasteiger charge is 2.67. The fourth-order valence-corrected chi connectivity index (χ4v) is 5.23. The standard InChI is InChI=1S/C22H24ClFO7.C5H9NO2/c1-2-29-17-6-3-12(8-16(17)24)7-13-9-14(4-5-15(13)23)22-20(28)18(26)19(27)21(10-25,31-22)11-30-22;7-5(8)4-2-1-3-6-4/h3-6,8-9,18-20,25-28H,2,7,10-11H2,1H3;4,6H,1-3H2,(H,7,8)/t18-,19-,20+,21-,22-;4-/m00/s1. The SMILES string of the molecule is CCOc1ccc(Cc2cc([C@]34OC[C@](CO)(O3)[C@@H](O)[C@H](O)[C@H]4O)ccc2Cl)cc1F.O=C(O)[C@@H]1CCCN1. The summed E-state index contributed by atoms with van der Waals surface area (Å²) in [5.74, 6) is -2.83. The third-order valence-electron chi connectivity index (χ3n) is 7.23. The molecule has 3 heterocycles. The third-order valence-corrected chi connectivity index (χ3v) is 7.59. The Morgan fingerprint density at radius 1 is 1.21 bits per heavy atom. The van der Waals surface area contributed by atoms with Crippen LogP contribution in [0.5, 0.6) is 5.75 Å². The molecule has 0 spiro atoms. The number of aliphatic carboxylic acids is 1. The van der Waals surface area contributed by atoms with Gasteiger partial charge in [0.2, 0.25) is 5.79 Å². The van der Waals surface area contributed by atoms with Crippen LogP contribution < -0.4 is 10.1 Å². The molecule has 3 aliphatic heterocycles. The number of carbonyl (C=O) groups is 1. The molecule has 6 atom stereocenters. The molecule has 0 unspecified atom stereocenters. The van der Waals surface area contributed by atoms with E-state index in [0.717, 1.165) is 19.4 Å². The lowest BCUT2D eigenvalue weighted by atomic mass is 9.83. The Balaban J connectivity index is 0.000000379. The van der Waals surface area contributed by atoms with Crippen molar-refractivity contribution in [2.24, 2.45) is 0 Å². The van der Waals surface area contributed by atoms with Gasteiger partial charge in [-0.15, -0.1) is 0 Å². The summed E-state index contributed by atoms with van der Waals surface area (Å²) >= 11 is 6.36. The van der Waals surface area contributed by atoms with Crippen molar-refractivity contribution >= 4 is 17.6 Å². The zero-order chi connectivity index (χ0) is 28.4. The van der Waals surface area contributed by atoms with Crippen molar-refractivity contribution in [2.75, 3.05) is 26.4 Å². The average Bonchev–Trinajstić information content (AvgIpc) is 3.59. The Morgan fingerprint density at radius 2 is 1.97 bits per heavy atom. The van der Waals surface area contributed by atoms with Crippen molar-refractivity contribution in [3.8, 4) is 5.75 Å². The molecule has 39 heavy (non-hydrogen) atoms. The molecule has 0 radical (unpaired) electrons. The van der Waals surface area contributed by atoms with E-state index in [0.29, 0.717) is 28.3 Å². The molecular formula is C27H33ClFNO9. The normalized spacial score (nSPS) is 31.5. The van der Waals surface area contributed by atoms with Gasteiger partial charge in [-0.3, -0.25) is 4.79 Å². The quantitative estimate of drug-likeness (QED) is 0.287. The Kier molecular flexibility index (Phi) is 9.14. The third kappa shape index (κ3) is 5.77. The highest BCUT2D eigenvalue weighted by molar-refractivity contribution is 6.31. The highest BCUT2D eigenvalue weighted by Crippen LogP contribution is 2.49. The number of hydrogen-bond acceptors (Lipinski definition) is 9. The molecule has 6 N–H and O–H groups in total. The van der Waals surface area contributed by atoms with Crippen molar-refractivity contribution in [3.63, 3.8) is 0 Å². The minimum Gasteiger partial charge on any atom is -0.491 e. The van der Waals surface area contributed by atoms with Crippen molar-refractivity contribution < 1.29 is 48.9 Å². The lowest BCUT2D eigenvalue weighted by molar-refractivity contribution is -0.329. The Bertz CT molecular complexity index is 1180. The first-order chi connectivity index (χ1) is 18.6. The van der Waals surface area contributed by atoms with Gasteiger partial charge in [-0.05, 0) is 68.1 Å². The van der Waals surface area contributed by atoms with E-state index in [4.69, 9.17) is 30.9 Å². The van der Waals surface area contributed by atoms with Crippen molar-refractivity contribution in [1.82, 2.24) is 5.32 Å². The van der Waals surface area contributed by atoms with Gasteiger partial charge in [0.15, 0.2) is 11.6 Å². The fourth-order valence-electron chi connectivity index (χ4n) is 5.04. The number of nitrogens with one attached hydrogen (secondary N) is 1. The van der Waals surface area contributed by atoms with Crippen LogP contribution in [0.15, 0.2) is 36.4 Å². The van der Waals surface area contributed by atoms with Gasteiger partial charge < -0.3 is 45.1 Å². The van der Waals surface area contributed by atoms with E-state index < -0.39 is 48.1 Å². The highest BCUT2D eigenvalue weighted by atomic mass is 35.5. The van der Waals surface area contributed by atoms with Crippen LogP contribution in [0.1, 0.15) is 36.5 Å². The second-order valence-electron chi connectivity index (χ2n) is 9.83. The van der Waals surface area contributed by atoms with Crippen molar-refractivity contribution in [3.05, 3.63) is 63.9 Å². The molecule has 2 aromatic rings. The molecule has 0 aromatic heterocycles. The van der Waals surface area contributed by atoms with Crippen molar-refractivity contribution in [2.45, 2.75) is 61.9 Å². The summed E-state index contributed by atoms with van der Waals surface area (Å²) in [6.07, 6.45) is -2.67. The molecule has 12 heteroatoms. The summed E-state index contributed by atoms with van der Waals surface area (Å²) in [6.45, 7) is 2.15. The van der Waals surface area contributed by atoms with E-state index in [1.807, 2.05) is 0 Å². The average molecular weight is 570 g/mol. The largest absolute Gasteiger partial charge is 0.491 e. The Hall–Kier alpha value is -2.35. The van der Waals surface area contributed by atoms with Gasteiger partial charge in [-0.1, -0.05) is 23.7 Å². The van der Waals surface area contributed by atoms with Crippen LogP contribution in [0.25, 0.3) is 0 Å². The van der Waals surface area contributed by atoms with Crippen molar-refractivity contribution in [1.29, 1.82) is 0 Å². The second-order valence-corrected chi connectivity index (χ2v) is 10.2. The maximum absolute atomic E-state index is 14.2. The predicted molar refractivity (Wildman–Crippen MR) is 137 cm³/mol. The zero-order valence-corrected chi connectivity index (χ0v) is 22.1. The minimum atomic E-state index is -1.79. The molecule has 0 aliphatic carbocycles. The molecule has 3 aliphatic rings. The van der Waals surface area contributed by atoms with Crippen LogP contribution in [0.3, 0.4) is 0 Å². The molecule has 2 bridgehead atoms. The summed E-state index contributed by atoms with van der Waals surface area (Å²) in [4.78, 5) is 10.1. The van der Waals surface area contributed by atoms with E-state index in [2.05, 4.69) is 5.32 Å². The van der Waals surface area contributed by atoms with Crippen LogP contribution in [0.2, 0.25) is 5.02 Å². The maximum atomic E-state index is 14.2. The van der Waals surface area contributed by atoms with Crippen LogP contribution in [-0.4, -0.2) is 87.8 Å². The summed E-state index contributed by atoms with van der Waals surface area (Å²) < 4.78 is 31.0. The van der Waals surface area contributed by atoms with Crippen LogP contribution in [-0.2, 0) is 26.5 Å². The van der Waals surface area contributed by atoms with Gasteiger partial charge >= 0.3 is 5.97 Å². The molecule has 0 saturated carbocycles. The van der Waals surface area contributed by atoms with E-state index in [1.165, 1.54) is 6.07 Å². The van der Waals surface area contributed by atoms with Gasteiger partial charge in [0.1, 0.15) is 30.0 Å². The second kappa shape index (κ2) is 12.0. The molecule has 10 nitrogen and oxygen atoms in total. The van der Waals surface area contributed by atoms with Gasteiger partial charge in [0, 0.05) is 10.6 Å². The number of rotatable bonds is 7. The molecular weight excluding hydrogens is 537 g/mol. The molecule has 3 fully saturated rings. The smallest absolute Gasteiger partial charge is 0.320 e. The number of hydrogen-bond donors (Lipinski definition) is 6. The monoisotopic (exact) mass is 569 g/mol. The summed E-state index contributed by atoms with van der Waals surface area (Å²) in [5.41, 5.74) is 0.0530. The molecule has 0 amide bonds. The molecule has 3 saturated heterocycles. The fraction of sp³-hybridized carbons (Fsp3) is 0.519. The first kappa shape index (κ1) is 29.6. The number of ether oxygens (including phenoxy) is 3. The first-order valence-corrected chi connectivity index (χ1v) is 13.1. The van der Waals surface area contributed by atoms with Crippen LogP contribution in [0, 0.1) is 5.82 Å². The van der Waals surface area contributed by atoms with E-state index in [9.17, 15) is 29.6 Å². The first-order valence-electron chi connectivity index (χ1n) is 12.7. The van der Waals surface area contributed by atoms with E-state index in [-0.39, 0.29) is 24.8 Å². The molecule has 5 rings (SSSR count). The molecule has 2 aromatic carbocycles. The Labute approximate surface area is 229 Å². The lowest BCUT2D eigenvalue weighted by Crippen LogP contribution is -2.65. The Morgan fingerprint density at radius 3 is 2.56 bits per heavy atom. The molecule has 214 valence electrons. The van der Waals surface area contributed by atoms with Gasteiger partial charge in [-0.2, -0.15) is 0 Å². The lowest BCUT2D eigenvalue weighted by Gasteiger charge is -2.46. The predicted octanol–water partition coefficient (Wildman–Crippen LogP) is 1.32. The summed E-state index contributed by atoms with van der Waals surface area (Å²) in [7, 11) is 0. The minimum absolute atomic E-state index is 0.163. The van der Waals surface area contributed by atoms with E-state index in [1.54, 1.807) is 37.3 Å². The van der Waals surface area contributed by atoms with Gasteiger partial charge in [0.05, 0.1) is 19.8 Å². The number of benzene rings is 2. The zero-order valence-electron chi connectivity index (χ0n) is 21.3. The maximum Gasteiger partial charge on any atom is 0.320 e. The number of carboxylic acid groups (broad SMARTS) is 1. The number of aliphatic hydroxyl groups excluding tert-OH is 4. The number of aliphatic hydroxyl groups is 4. The topological polar surface area (TPSA) is 158 Å². The van der Waals surface area contributed by atoms with E-state index >= 15 is 0 Å². The van der Waals surface area contributed by atoms with Crippen LogP contribution >= 0.6 is 11.6 Å². The summed E-state index contributed by atoms with van der Waals surface area (Å²) in [5, 5.41) is 52.7. The number of halogens is 2. The summed E-state index contributed by atoms with van der Waals surface area (Å²) in [6, 6.07) is 9.16. The number of fused-ring (bicyclic) bond motifs is 2. The van der Waals surface area contributed by atoms with Gasteiger partial charge in [-0.25, -0.2) is 4.39 Å². The van der Waals surface area contributed by atoms with Crippen LogP contribution in [0.4, 0.5) is 4.39 Å².